The third-order valence-corrected chi connectivity index (χ3v) is 2.93. The molecular weight excluding hydrogens is 293 g/mol. The Hall–Kier alpha value is -0.840. The van der Waals surface area contributed by atoms with Crippen molar-refractivity contribution in [2.24, 2.45) is 0 Å². The van der Waals surface area contributed by atoms with Gasteiger partial charge in [0, 0.05) is 22.5 Å². The number of aliphatic hydroxyl groups is 1. The smallest absolute Gasteiger partial charge is 0.139 e. The van der Waals surface area contributed by atoms with Gasteiger partial charge in [-0.2, -0.15) is 0 Å². The summed E-state index contributed by atoms with van der Waals surface area (Å²) in [4.78, 5) is 0. The van der Waals surface area contributed by atoms with Gasteiger partial charge in [0.1, 0.15) is 11.5 Å². The maximum Gasteiger partial charge on any atom is 0.139 e. The quantitative estimate of drug-likeness (QED) is 0.946. The van der Waals surface area contributed by atoms with Gasteiger partial charge in [-0.25, -0.2) is 0 Å². The molecule has 0 amide bonds. The molecular formula is C11H9BrClNO2. The lowest BCUT2D eigenvalue weighted by atomic mass is 10.1. The number of nitrogens with zero attached hydrogens (tertiary/aromatic N) is 1. The fourth-order valence-corrected chi connectivity index (χ4v) is 2.14. The molecule has 2 rings (SSSR count). The van der Waals surface area contributed by atoms with Gasteiger partial charge in [0.05, 0.1) is 11.6 Å². The van der Waals surface area contributed by atoms with Gasteiger partial charge in [0.2, 0.25) is 0 Å². The molecule has 0 unspecified atom stereocenters. The van der Waals surface area contributed by atoms with Crippen molar-refractivity contribution < 1.29 is 9.63 Å². The van der Waals surface area contributed by atoms with E-state index in [-0.39, 0.29) is 6.61 Å². The average Bonchev–Trinajstić information content (AvgIpc) is 2.67. The first-order valence-corrected chi connectivity index (χ1v) is 5.89. The molecule has 0 spiro atoms. The minimum atomic E-state index is 0.0443. The zero-order valence-electron chi connectivity index (χ0n) is 8.28. The van der Waals surface area contributed by atoms with Gasteiger partial charge >= 0.3 is 0 Å². The van der Waals surface area contributed by atoms with Crippen LogP contribution in [0, 0.1) is 0 Å². The van der Waals surface area contributed by atoms with Gasteiger partial charge in [-0.15, -0.1) is 0 Å². The fourth-order valence-electron chi connectivity index (χ4n) is 1.37. The van der Waals surface area contributed by atoms with Crippen LogP contribution in [0.5, 0.6) is 0 Å². The summed E-state index contributed by atoms with van der Waals surface area (Å²) in [5, 5.41) is 13.3. The van der Waals surface area contributed by atoms with Crippen molar-refractivity contribution >= 4 is 27.5 Å². The van der Waals surface area contributed by atoms with E-state index in [9.17, 15) is 0 Å². The predicted molar refractivity (Wildman–Crippen MR) is 65.4 cm³/mol. The molecule has 0 saturated carbocycles. The fraction of sp³-hybridized carbons (Fsp3) is 0.182. The molecule has 1 aromatic carbocycles. The van der Waals surface area contributed by atoms with Gasteiger partial charge in [-0.05, 0) is 12.1 Å². The van der Waals surface area contributed by atoms with Crippen molar-refractivity contribution in [3.05, 3.63) is 39.5 Å². The van der Waals surface area contributed by atoms with Crippen LogP contribution in [0.15, 0.2) is 33.3 Å². The van der Waals surface area contributed by atoms with E-state index in [1.807, 2.05) is 12.1 Å². The Balaban J connectivity index is 2.35. The maximum absolute atomic E-state index is 8.77. The minimum absolute atomic E-state index is 0.0443. The van der Waals surface area contributed by atoms with E-state index in [1.54, 1.807) is 12.1 Å². The van der Waals surface area contributed by atoms with Crippen LogP contribution in [-0.2, 0) is 6.42 Å². The average molecular weight is 303 g/mol. The lowest BCUT2D eigenvalue weighted by molar-refractivity contribution is 0.277. The number of hydrogen-bond donors (Lipinski definition) is 1. The molecule has 0 bridgehead atoms. The summed E-state index contributed by atoms with van der Waals surface area (Å²) in [6.07, 6.45) is 0.459. The second kappa shape index (κ2) is 4.99. The number of aromatic nitrogens is 1. The number of rotatable bonds is 3. The summed E-state index contributed by atoms with van der Waals surface area (Å²) >= 11 is 9.43. The third-order valence-electron chi connectivity index (χ3n) is 2.12. The highest BCUT2D eigenvalue weighted by molar-refractivity contribution is 9.10. The maximum atomic E-state index is 8.77. The first kappa shape index (κ1) is 11.6. The number of hydrogen-bond acceptors (Lipinski definition) is 3. The van der Waals surface area contributed by atoms with Crippen LogP contribution in [0.2, 0.25) is 5.02 Å². The normalized spacial score (nSPS) is 10.7. The molecule has 0 aliphatic heterocycles. The first-order valence-electron chi connectivity index (χ1n) is 4.72. The van der Waals surface area contributed by atoms with Crippen LogP contribution in [0.1, 0.15) is 5.76 Å². The molecule has 0 aliphatic carbocycles. The molecule has 2 aromatic rings. The largest absolute Gasteiger partial charge is 0.396 e. The van der Waals surface area contributed by atoms with Crippen molar-refractivity contribution in [3.63, 3.8) is 0 Å². The van der Waals surface area contributed by atoms with Crippen LogP contribution < -0.4 is 0 Å². The van der Waals surface area contributed by atoms with E-state index in [1.165, 1.54) is 0 Å². The Labute approximate surface area is 106 Å². The zero-order valence-corrected chi connectivity index (χ0v) is 10.6. The molecule has 16 heavy (non-hydrogen) atoms. The molecule has 1 aromatic heterocycles. The lowest BCUT2D eigenvalue weighted by Gasteiger charge is -1.99. The van der Waals surface area contributed by atoms with E-state index < -0.39 is 0 Å². The van der Waals surface area contributed by atoms with Crippen molar-refractivity contribution in [3.8, 4) is 11.3 Å². The Morgan fingerprint density at radius 2 is 2.19 bits per heavy atom. The van der Waals surface area contributed by atoms with Gasteiger partial charge in [-0.1, -0.05) is 38.8 Å². The highest BCUT2D eigenvalue weighted by Crippen LogP contribution is 2.30. The van der Waals surface area contributed by atoms with Crippen LogP contribution in [0.3, 0.4) is 0 Å². The molecule has 84 valence electrons. The summed E-state index contributed by atoms with van der Waals surface area (Å²) < 4.78 is 5.98. The Bertz CT molecular complexity index is 498. The zero-order chi connectivity index (χ0) is 11.5. The van der Waals surface area contributed by atoms with E-state index in [2.05, 4.69) is 21.1 Å². The molecule has 0 fully saturated rings. The third kappa shape index (κ3) is 2.45. The van der Waals surface area contributed by atoms with E-state index in [0.29, 0.717) is 22.9 Å². The van der Waals surface area contributed by atoms with E-state index in [0.717, 1.165) is 10.0 Å². The van der Waals surface area contributed by atoms with E-state index >= 15 is 0 Å². The van der Waals surface area contributed by atoms with Gasteiger partial charge in [-0.3, -0.25) is 0 Å². The van der Waals surface area contributed by atoms with Crippen LogP contribution in [0.25, 0.3) is 11.3 Å². The van der Waals surface area contributed by atoms with Crippen molar-refractivity contribution in [1.82, 2.24) is 5.16 Å². The Morgan fingerprint density at radius 3 is 2.88 bits per heavy atom. The number of halogens is 2. The molecule has 1 heterocycles. The monoisotopic (exact) mass is 301 g/mol. The molecule has 0 radical (unpaired) electrons. The topological polar surface area (TPSA) is 46.3 Å². The van der Waals surface area contributed by atoms with E-state index in [4.69, 9.17) is 21.2 Å². The molecule has 1 N–H and O–H groups in total. The number of benzene rings is 1. The van der Waals surface area contributed by atoms with Gasteiger partial charge in [0.25, 0.3) is 0 Å². The van der Waals surface area contributed by atoms with Gasteiger partial charge < -0.3 is 9.63 Å². The highest BCUT2D eigenvalue weighted by atomic mass is 79.9. The van der Waals surface area contributed by atoms with Crippen LogP contribution in [0.4, 0.5) is 0 Å². The van der Waals surface area contributed by atoms with Crippen LogP contribution in [-0.4, -0.2) is 16.9 Å². The summed E-state index contributed by atoms with van der Waals surface area (Å²) in [5.41, 5.74) is 1.50. The van der Waals surface area contributed by atoms with Crippen LogP contribution >= 0.6 is 27.5 Å². The Morgan fingerprint density at radius 1 is 1.38 bits per heavy atom. The summed E-state index contributed by atoms with van der Waals surface area (Å²) in [7, 11) is 0. The molecule has 0 atom stereocenters. The predicted octanol–water partition coefficient (Wildman–Crippen LogP) is 3.29. The standard InChI is InChI=1S/C11H9BrClNO2/c12-7-1-2-9(10(13)5-7)11-6-8(3-4-15)16-14-11/h1-2,5-6,15H,3-4H2. The highest BCUT2D eigenvalue weighted by Gasteiger charge is 2.09. The second-order valence-corrected chi connectivity index (χ2v) is 4.60. The SMILES string of the molecule is OCCc1cc(-c2ccc(Br)cc2Cl)no1. The molecule has 5 heteroatoms. The van der Waals surface area contributed by atoms with Crippen molar-refractivity contribution in [2.45, 2.75) is 6.42 Å². The summed E-state index contributed by atoms with van der Waals surface area (Å²) in [6.45, 7) is 0.0443. The molecule has 3 nitrogen and oxygen atoms in total. The lowest BCUT2D eigenvalue weighted by Crippen LogP contribution is -1.86. The molecule has 0 aliphatic rings. The number of aliphatic hydroxyl groups excluding tert-OH is 1. The summed E-state index contributed by atoms with van der Waals surface area (Å²) in [5.74, 6) is 0.650. The summed E-state index contributed by atoms with van der Waals surface area (Å²) in [6, 6.07) is 7.34. The second-order valence-electron chi connectivity index (χ2n) is 3.28. The molecule has 0 saturated heterocycles. The van der Waals surface area contributed by atoms with Crippen molar-refractivity contribution in [1.29, 1.82) is 0 Å². The Kier molecular flexibility index (Phi) is 3.63. The minimum Gasteiger partial charge on any atom is -0.396 e. The first-order chi connectivity index (χ1) is 7.70. The van der Waals surface area contributed by atoms with Crippen molar-refractivity contribution in [2.75, 3.05) is 6.61 Å². The van der Waals surface area contributed by atoms with Gasteiger partial charge in [0.15, 0.2) is 0 Å².